The maximum absolute atomic E-state index is 12.3. The second-order valence-corrected chi connectivity index (χ2v) is 8.11. The molecule has 1 N–H and O–H groups in total. The van der Waals surface area contributed by atoms with Gasteiger partial charge in [-0.1, -0.05) is 36.4 Å². The summed E-state index contributed by atoms with van der Waals surface area (Å²) in [5, 5.41) is 4.07. The molecular formula is C25H23BrN2O5. The average molecular weight is 511 g/mol. The van der Waals surface area contributed by atoms with E-state index in [1.54, 1.807) is 19.4 Å². The minimum atomic E-state index is -0.239. The van der Waals surface area contributed by atoms with E-state index in [2.05, 4.69) is 26.5 Å². The molecule has 4 rings (SSSR count). The molecule has 3 aromatic rings. The van der Waals surface area contributed by atoms with Crippen LogP contribution in [-0.2, 0) is 17.8 Å². The summed E-state index contributed by atoms with van der Waals surface area (Å²) in [5.41, 5.74) is 5.16. The smallest absolute Gasteiger partial charge is 0.244 e. The Morgan fingerprint density at radius 3 is 2.64 bits per heavy atom. The predicted octanol–water partition coefficient (Wildman–Crippen LogP) is 4.50. The van der Waals surface area contributed by atoms with Crippen LogP contribution in [0.3, 0.4) is 0 Å². The number of benzene rings is 3. The van der Waals surface area contributed by atoms with Crippen LogP contribution in [0.5, 0.6) is 23.0 Å². The third-order valence-electron chi connectivity index (χ3n) is 4.85. The van der Waals surface area contributed by atoms with Crippen molar-refractivity contribution in [3.8, 4) is 23.0 Å². The molecule has 1 amide bonds. The van der Waals surface area contributed by atoms with E-state index in [0.717, 1.165) is 21.2 Å². The maximum atomic E-state index is 12.3. The zero-order valence-electron chi connectivity index (χ0n) is 18.0. The van der Waals surface area contributed by atoms with Crippen LogP contribution in [0.25, 0.3) is 0 Å². The van der Waals surface area contributed by atoms with Crippen molar-refractivity contribution in [3.05, 3.63) is 81.8 Å². The Labute approximate surface area is 200 Å². The Morgan fingerprint density at radius 2 is 1.85 bits per heavy atom. The van der Waals surface area contributed by atoms with Crippen molar-refractivity contribution in [2.75, 3.05) is 20.3 Å². The lowest BCUT2D eigenvalue weighted by Crippen LogP contribution is -2.20. The van der Waals surface area contributed by atoms with Crippen LogP contribution in [0, 0.1) is 0 Å². The molecule has 1 aliphatic heterocycles. The Morgan fingerprint density at radius 1 is 1.06 bits per heavy atom. The van der Waals surface area contributed by atoms with E-state index in [1.807, 2.05) is 54.6 Å². The molecule has 0 radical (unpaired) electrons. The van der Waals surface area contributed by atoms with Crippen molar-refractivity contribution in [3.63, 3.8) is 0 Å². The van der Waals surface area contributed by atoms with Crippen LogP contribution in [0.15, 0.2) is 70.2 Å². The Balaban J connectivity index is 1.36. The molecular weight excluding hydrogens is 488 g/mol. The van der Waals surface area contributed by atoms with Gasteiger partial charge < -0.3 is 18.9 Å². The number of hydrogen-bond donors (Lipinski definition) is 1. The maximum Gasteiger partial charge on any atom is 0.244 e. The molecule has 0 aliphatic carbocycles. The SMILES string of the molecule is COc1cc(/C=N/NC(=O)Cc2ccc3c(c2)OCCO3)cc(Br)c1OCc1ccccc1. The predicted molar refractivity (Wildman–Crippen MR) is 128 cm³/mol. The normalized spacial score (nSPS) is 12.4. The molecule has 0 saturated heterocycles. The third-order valence-corrected chi connectivity index (χ3v) is 5.44. The summed E-state index contributed by atoms with van der Waals surface area (Å²) in [6, 6.07) is 19.0. The first-order chi connectivity index (χ1) is 16.1. The van der Waals surface area contributed by atoms with E-state index in [1.165, 1.54) is 0 Å². The van der Waals surface area contributed by atoms with E-state index in [-0.39, 0.29) is 12.3 Å². The number of rotatable bonds is 8. The van der Waals surface area contributed by atoms with Gasteiger partial charge in [-0.05, 0) is 56.9 Å². The molecule has 3 aromatic carbocycles. The molecule has 0 bridgehead atoms. The van der Waals surface area contributed by atoms with Crippen molar-refractivity contribution in [2.45, 2.75) is 13.0 Å². The second kappa shape index (κ2) is 10.9. The fraction of sp³-hybridized carbons (Fsp3) is 0.200. The van der Waals surface area contributed by atoms with E-state index >= 15 is 0 Å². The van der Waals surface area contributed by atoms with E-state index < -0.39 is 0 Å². The Kier molecular flexibility index (Phi) is 7.47. The summed E-state index contributed by atoms with van der Waals surface area (Å²) in [6.07, 6.45) is 1.73. The quantitative estimate of drug-likeness (QED) is 0.356. The largest absolute Gasteiger partial charge is 0.493 e. The number of hydrogen-bond acceptors (Lipinski definition) is 6. The molecule has 0 spiro atoms. The van der Waals surface area contributed by atoms with Crippen molar-refractivity contribution < 1.29 is 23.7 Å². The fourth-order valence-electron chi connectivity index (χ4n) is 3.29. The van der Waals surface area contributed by atoms with Gasteiger partial charge in [-0.15, -0.1) is 0 Å². The lowest BCUT2D eigenvalue weighted by Gasteiger charge is -2.18. The van der Waals surface area contributed by atoms with Crippen molar-refractivity contribution in [1.29, 1.82) is 0 Å². The summed E-state index contributed by atoms with van der Waals surface area (Å²) >= 11 is 3.53. The van der Waals surface area contributed by atoms with Gasteiger partial charge in [0.25, 0.3) is 0 Å². The van der Waals surface area contributed by atoms with Crippen molar-refractivity contribution in [2.24, 2.45) is 5.10 Å². The van der Waals surface area contributed by atoms with Crippen LogP contribution in [0.1, 0.15) is 16.7 Å². The molecule has 0 aromatic heterocycles. The number of carbonyl (C=O) groups excluding carboxylic acids is 1. The average Bonchev–Trinajstić information content (AvgIpc) is 2.83. The highest BCUT2D eigenvalue weighted by molar-refractivity contribution is 9.10. The number of fused-ring (bicyclic) bond motifs is 1. The molecule has 0 saturated carbocycles. The highest BCUT2D eigenvalue weighted by Gasteiger charge is 2.14. The highest BCUT2D eigenvalue weighted by Crippen LogP contribution is 2.37. The summed E-state index contributed by atoms with van der Waals surface area (Å²) < 4.78 is 23.2. The topological polar surface area (TPSA) is 78.4 Å². The molecule has 33 heavy (non-hydrogen) atoms. The molecule has 170 valence electrons. The zero-order chi connectivity index (χ0) is 23.0. The van der Waals surface area contributed by atoms with Gasteiger partial charge in [-0.25, -0.2) is 5.43 Å². The first-order valence-corrected chi connectivity index (χ1v) is 11.2. The molecule has 7 nitrogen and oxygen atoms in total. The van der Waals surface area contributed by atoms with Crippen molar-refractivity contribution in [1.82, 2.24) is 5.43 Å². The Hall–Kier alpha value is -3.52. The summed E-state index contributed by atoms with van der Waals surface area (Å²) in [7, 11) is 1.58. The van der Waals surface area contributed by atoms with Gasteiger partial charge in [0.2, 0.25) is 5.91 Å². The number of nitrogens with zero attached hydrogens (tertiary/aromatic N) is 1. The van der Waals surface area contributed by atoms with E-state index in [4.69, 9.17) is 18.9 Å². The van der Waals surface area contributed by atoms with Crippen molar-refractivity contribution >= 4 is 28.1 Å². The summed E-state index contributed by atoms with van der Waals surface area (Å²) in [4.78, 5) is 12.3. The fourth-order valence-corrected chi connectivity index (χ4v) is 3.86. The lowest BCUT2D eigenvalue weighted by molar-refractivity contribution is -0.120. The van der Waals surface area contributed by atoms with E-state index in [9.17, 15) is 4.79 Å². The summed E-state index contributed by atoms with van der Waals surface area (Å²) in [5.74, 6) is 2.27. The monoisotopic (exact) mass is 510 g/mol. The Bertz CT molecular complexity index is 1150. The molecule has 1 aliphatic rings. The van der Waals surface area contributed by atoms with Gasteiger partial charge in [0, 0.05) is 0 Å². The van der Waals surface area contributed by atoms with Crippen LogP contribution >= 0.6 is 15.9 Å². The minimum absolute atomic E-state index is 0.174. The van der Waals surface area contributed by atoms with Gasteiger partial charge in [0.1, 0.15) is 19.8 Å². The van der Waals surface area contributed by atoms with Gasteiger partial charge in [-0.2, -0.15) is 5.10 Å². The molecule has 1 heterocycles. The number of hydrazone groups is 1. The molecule has 8 heteroatoms. The van der Waals surface area contributed by atoms with Crippen LogP contribution in [-0.4, -0.2) is 32.4 Å². The highest BCUT2D eigenvalue weighted by atomic mass is 79.9. The van der Waals surface area contributed by atoms with Gasteiger partial charge in [-0.3, -0.25) is 4.79 Å². The molecule has 0 fully saturated rings. The van der Waals surface area contributed by atoms with Gasteiger partial charge in [0.15, 0.2) is 23.0 Å². The van der Waals surface area contributed by atoms with E-state index in [0.29, 0.717) is 42.8 Å². The molecule has 0 unspecified atom stereocenters. The number of amides is 1. The first kappa shape index (κ1) is 22.7. The number of ether oxygens (including phenoxy) is 4. The third kappa shape index (κ3) is 6.04. The van der Waals surface area contributed by atoms with Crippen LogP contribution < -0.4 is 24.4 Å². The number of carbonyl (C=O) groups is 1. The van der Waals surface area contributed by atoms with Gasteiger partial charge >= 0.3 is 0 Å². The van der Waals surface area contributed by atoms with Crippen LogP contribution in [0.2, 0.25) is 0 Å². The molecule has 0 atom stereocenters. The second-order valence-electron chi connectivity index (χ2n) is 7.26. The number of methoxy groups -OCH3 is 1. The number of halogens is 1. The minimum Gasteiger partial charge on any atom is -0.493 e. The number of nitrogens with one attached hydrogen (secondary N) is 1. The standard InChI is InChI=1S/C25H23BrN2O5/c1-30-23-13-19(11-20(26)25(23)33-16-17-5-3-2-4-6-17)15-27-28-24(29)14-18-7-8-21-22(12-18)32-10-9-31-21/h2-8,11-13,15H,9-10,14,16H2,1H3,(H,28,29)/b27-15+. The lowest BCUT2D eigenvalue weighted by atomic mass is 10.1. The first-order valence-electron chi connectivity index (χ1n) is 10.4. The zero-order valence-corrected chi connectivity index (χ0v) is 19.6. The van der Waals surface area contributed by atoms with Gasteiger partial charge in [0.05, 0.1) is 24.2 Å². The summed E-state index contributed by atoms with van der Waals surface area (Å²) in [6.45, 7) is 1.45. The van der Waals surface area contributed by atoms with Crippen LogP contribution in [0.4, 0.5) is 0 Å².